The summed E-state index contributed by atoms with van der Waals surface area (Å²) in [5.74, 6) is 0.648. The first-order valence-electron chi connectivity index (χ1n) is 4.74. The van der Waals surface area contributed by atoms with Crippen LogP contribution in [0.3, 0.4) is 0 Å². The molecule has 0 atom stereocenters. The topological polar surface area (TPSA) is 0 Å². The first-order chi connectivity index (χ1) is 5.65. The molecule has 0 aliphatic rings. The average molecular weight is 162 g/mol. The minimum Gasteiger partial charge on any atom is -0.0613 e. The van der Waals surface area contributed by atoms with E-state index in [9.17, 15) is 0 Å². The lowest BCUT2D eigenvalue weighted by molar-refractivity contribution is 0.862. The number of aryl methyl sites for hydroxylation is 2. The maximum Gasteiger partial charge on any atom is -0.0219 e. The van der Waals surface area contributed by atoms with Gasteiger partial charge in [0.2, 0.25) is 0 Å². The number of rotatable bonds is 2. The van der Waals surface area contributed by atoms with Gasteiger partial charge in [0.05, 0.1) is 0 Å². The van der Waals surface area contributed by atoms with Gasteiger partial charge in [-0.25, -0.2) is 0 Å². The second-order valence-electron chi connectivity index (χ2n) is 3.69. The molecular formula is C12H18. The molecule has 0 spiro atoms. The maximum atomic E-state index is 2.31. The Morgan fingerprint density at radius 3 is 2.33 bits per heavy atom. The maximum absolute atomic E-state index is 2.31. The van der Waals surface area contributed by atoms with E-state index in [1.165, 1.54) is 16.7 Å². The molecule has 0 bridgehead atoms. The standard InChI is InChI=1S/C12H18/c1-5-11-6-7-12(9(2)3)8-10(11)4/h6-9H,5H2,1-4H3. The lowest BCUT2D eigenvalue weighted by atomic mass is 9.97. The van der Waals surface area contributed by atoms with Crippen molar-refractivity contribution in [2.24, 2.45) is 0 Å². The van der Waals surface area contributed by atoms with E-state index in [2.05, 4.69) is 45.9 Å². The molecule has 0 radical (unpaired) electrons. The highest BCUT2D eigenvalue weighted by atomic mass is 14.1. The summed E-state index contributed by atoms with van der Waals surface area (Å²) < 4.78 is 0. The molecule has 0 nitrogen and oxygen atoms in total. The van der Waals surface area contributed by atoms with E-state index in [1.807, 2.05) is 0 Å². The van der Waals surface area contributed by atoms with Crippen molar-refractivity contribution in [1.29, 1.82) is 0 Å². The molecule has 0 heteroatoms. The molecule has 0 amide bonds. The smallest absolute Gasteiger partial charge is 0.0219 e. The van der Waals surface area contributed by atoms with Gasteiger partial charge in [0.25, 0.3) is 0 Å². The first kappa shape index (κ1) is 9.31. The highest BCUT2D eigenvalue weighted by Crippen LogP contribution is 2.18. The third-order valence-electron chi connectivity index (χ3n) is 2.41. The Morgan fingerprint density at radius 1 is 1.25 bits per heavy atom. The molecule has 0 saturated carbocycles. The highest BCUT2D eigenvalue weighted by Gasteiger charge is 2.00. The molecule has 0 fully saturated rings. The lowest BCUT2D eigenvalue weighted by Gasteiger charge is -2.09. The number of hydrogen-bond donors (Lipinski definition) is 0. The summed E-state index contributed by atoms with van der Waals surface area (Å²) in [5, 5.41) is 0. The van der Waals surface area contributed by atoms with Gasteiger partial charge in [0.15, 0.2) is 0 Å². The second kappa shape index (κ2) is 3.75. The number of hydrogen-bond acceptors (Lipinski definition) is 0. The largest absolute Gasteiger partial charge is 0.0613 e. The van der Waals surface area contributed by atoms with Crippen LogP contribution in [-0.2, 0) is 6.42 Å². The Bertz CT molecular complexity index is 259. The summed E-state index contributed by atoms with van der Waals surface area (Å²) >= 11 is 0. The summed E-state index contributed by atoms with van der Waals surface area (Å²) in [7, 11) is 0. The zero-order valence-corrected chi connectivity index (χ0v) is 8.52. The summed E-state index contributed by atoms with van der Waals surface area (Å²) in [5.41, 5.74) is 4.35. The second-order valence-corrected chi connectivity index (χ2v) is 3.69. The molecule has 1 aromatic rings. The minimum atomic E-state index is 0.648. The first-order valence-corrected chi connectivity index (χ1v) is 4.74. The number of benzene rings is 1. The van der Waals surface area contributed by atoms with Crippen LogP contribution in [0.1, 0.15) is 43.4 Å². The average Bonchev–Trinajstić information content (AvgIpc) is 2.04. The quantitative estimate of drug-likeness (QED) is 0.622. The van der Waals surface area contributed by atoms with Crippen LogP contribution in [0.5, 0.6) is 0 Å². The normalized spacial score (nSPS) is 10.8. The molecule has 0 heterocycles. The Kier molecular flexibility index (Phi) is 2.91. The third-order valence-corrected chi connectivity index (χ3v) is 2.41. The van der Waals surface area contributed by atoms with E-state index >= 15 is 0 Å². The molecular weight excluding hydrogens is 144 g/mol. The minimum absolute atomic E-state index is 0.648. The Labute approximate surface area is 75.6 Å². The van der Waals surface area contributed by atoms with Gasteiger partial charge >= 0.3 is 0 Å². The summed E-state index contributed by atoms with van der Waals surface area (Å²) in [4.78, 5) is 0. The van der Waals surface area contributed by atoms with Crippen molar-refractivity contribution in [3.8, 4) is 0 Å². The van der Waals surface area contributed by atoms with Gasteiger partial charge < -0.3 is 0 Å². The predicted molar refractivity (Wildman–Crippen MR) is 54.6 cm³/mol. The van der Waals surface area contributed by atoms with Crippen LogP contribution in [0.4, 0.5) is 0 Å². The van der Waals surface area contributed by atoms with Crippen molar-refractivity contribution in [2.45, 2.75) is 40.0 Å². The molecule has 0 unspecified atom stereocenters. The van der Waals surface area contributed by atoms with Crippen molar-refractivity contribution in [3.63, 3.8) is 0 Å². The van der Waals surface area contributed by atoms with Crippen LogP contribution in [0.2, 0.25) is 0 Å². The summed E-state index contributed by atoms with van der Waals surface area (Å²) in [6.45, 7) is 8.88. The summed E-state index contributed by atoms with van der Waals surface area (Å²) in [6.07, 6.45) is 1.14. The van der Waals surface area contributed by atoms with Crippen molar-refractivity contribution in [2.75, 3.05) is 0 Å². The van der Waals surface area contributed by atoms with Crippen LogP contribution in [0.25, 0.3) is 0 Å². The van der Waals surface area contributed by atoms with Gasteiger partial charge in [-0.15, -0.1) is 0 Å². The molecule has 1 aromatic carbocycles. The van der Waals surface area contributed by atoms with Crippen molar-refractivity contribution in [3.05, 3.63) is 34.9 Å². The van der Waals surface area contributed by atoms with E-state index < -0.39 is 0 Å². The van der Waals surface area contributed by atoms with E-state index in [0.717, 1.165) is 6.42 Å². The lowest BCUT2D eigenvalue weighted by Crippen LogP contribution is -1.91. The molecule has 0 aliphatic carbocycles. The van der Waals surface area contributed by atoms with E-state index in [4.69, 9.17) is 0 Å². The van der Waals surface area contributed by atoms with Gasteiger partial charge in [-0.1, -0.05) is 39.0 Å². The Morgan fingerprint density at radius 2 is 1.92 bits per heavy atom. The molecule has 0 saturated heterocycles. The SMILES string of the molecule is CCc1ccc(C(C)C)cc1C. The fourth-order valence-corrected chi connectivity index (χ4v) is 1.47. The summed E-state index contributed by atoms with van der Waals surface area (Å²) in [6, 6.07) is 6.81. The van der Waals surface area contributed by atoms with Gasteiger partial charge in [-0.3, -0.25) is 0 Å². The highest BCUT2D eigenvalue weighted by molar-refractivity contribution is 5.32. The van der Waals surface area contributed by atoms with Crippen molar-refractivity contribution in [1.82, 2.24) is 0 Å². The predicted octanol–water partition coefficient (Wildman–Crippen LogP) is 3.68. The van der Waals surface area contributed by atoms with Gasteiger partial charge in [0.1, 0.15) is 0 Å². The third kappa shape index (κ3) is 1.88. The monoisotopic (exact) mass is 162 g/mol. The van der Waals surface area contributed by atoms with Crippen LogP contribution in [0.15, 0.2) is 18.2 Å². The Hall–Kier alpha value is -0.780. The zero-order valence-electron chi connectivity index (χ0n) is 8.52. The fourth-order valence-electron chi connectivity index (χ4n) is 1.47. The molecule has 0 aromatic heterocycles. The van der Waals surface area contributed by atoms with Crippen molar-refractivity contribution < 1.29 is 0 Å². The molecule has 0 aliphatic heterocycles. The van der Waals surface area contributed by atoms with E-state index in [-0.39, 0.29) is 0 Å². The van der Waals surface area contributed by atoms with E-state index in [0.29, 0.717) is 5.92 Å². The molecule has 12 heavy (non-hydrogen) atoms. The van der Waals surface area contributed by atoms with Crippen LogP contribution in [-0.4, -0.2) is 0 Å². The van der Waals surface area contributed by atoms with E-state index in [1.54, 1.807) is 0 Å². The van der Waals surface area contributed by atoms with Crippen LogP contribution in [0, 0.1) is 6.92 Å². The fraction of sp³-hybridized carbons (Fsp3) is 0.500. The van der Waals surface area contributed by atoms with Gasteiger partial charge in [0, 0.05) is 0 Å². The van der Waals surface area contributed by atoms with Crippen molar-refractivity contribution >= 4 is 0 Å². The molecule has 1 rings (SSSR count). The molecule has 0 N–H and O–H groups in total. The van der Waals surface area contributed by atoms with Crippen LogP contribution < -0.4 is 0 Å². The van der Waals surface area contributed by atoms with Gasteiger partial charge in [-0.05, 0) is 36.0 Å². The molecule has 66 valence electrons. The van der Waals surface area contributed by atoms with Gasteiger partial charge in [-0.2, -0.15) is 0 Å². The van der Waals surface area contributed by atoms with Crippen LogP contribution >= 0.6 is 0 Å². The Balaban J connectivity index is 3.02. The zero-order chi connectivity index (χ0) is 9.14.